The highest BCUT2D eigenvalue weighted by Gasteiger charge is 2.08. The van der Waals surface area contributed by atoms with Crippen LogP contribution < -0.4 is 5.73 Å². The number of para-hydroxylation sites is 1. The second-order valence-electron chi connectivity index (χ2n) is 4.75. The minimum absolute atomic E-state index is 0.202. The summed E-state index contributed by atoms with van der Waals surface area (Å²) in [6.07, 6.45) is 1.63. The van der Waals surface area contributed by atoms with E-state index in [-0.39, 0.29) is 5.75 Å². The van der Waals surface area contributed by atoms with Crippen molar-refractivity contribution in [3.05, 3.63) is 52.7 Å². The number of benzene rings is 1. The van der Waals surface area contributed by atoms with E-state index in [0.717, 1.165) is 16.8 Å². The number of hydrogen-bond acceptors (Lipinski definition) is 5. The Bertz CT molecular complexity index is 654. The number of pyridine rings is 1. The molecule has 3 N–H and O–H groups in total. The number of aromatic hydroxyl groups is 1. The third-order valence-corrected chi connectivity index (χ3v) is 3.09. The SMILES string of the molecule is COCc1cc(C)nc(N)c1CN=Cc1ccccc1O. The number of phenolic OH excluding ortho intramolecular Hbond substituents is 1. The Morgan fingerprint density at radius 2 is 2.14 bits per heavy atom. The van der Waals surface area contributed by atoms with Crippen molar-refractivity contribution in [2.24, 2.45) is 4.99 Å². The Hall–Kier alpha value is -2.40. The monoisotopic (exact) mass is 285 g/mol. The summed E-state index contributed by atoms with van der Waals surface area (Å²) in [5.41, 5.74) is 9.34. The summed E-state index contributed by atoms with van der Waals surface area (Å²) in [6.45, 7) is 2.76. The van der Waals surface area contributed by atoms with Crippen LogP contribution in [0.5, 0.6) is 5.75 Å². The zero-order chi connectivity index (χ0) is 15.2. The number of aryl methyl sites for hydroxylation is 1. The molecule has 1 aromatic carbocycles. The molecule has 1 heterocycles. The molecule has 0 aliphatic heterocycles. The van der Waals surface area contributed by atoms with E-state index in [9.17, 15) is 5.11 Å². The number of methoxy groups -OCH3 is 1. The van der Waals surface area contributed by atoms with Gasteiger partial charge in [0, 0.05) is 30.1 Å². The predicted octanol–water partition coefficient (Wildman–Crippen LogP) is 2.44. The summed E-state index contributed by atoms with van der Waals surface area (Å²) in [4.78, 5) is 8.60. The fourth-order valence-corrected chi connectivity index (χ4v) is 2.09. The Kier molecular flexibility index (Phi) is 4.90. The van der Waals surface area contributed by atoms with Crippen molar-refractivity contribution in [1.29, 1.82) is 0 Å². The van der Waals surface area contributed by atoms with E-state index in [1.807, 2.05) is 19.1 Å². The highest BCUT2D eigenvalue weighted by Crippen LogP contribution is 2.19. The molecule has 0 aliphatic rings. The normalized spacial score (nSPS) is 11.1. The molecule has 110 valence electrons. The van der Waals surface area contributed by atoms with Gasteiger partial charge in [-0.15, -0.1) is 0 Å². The largest absolute Gasteiger partial charge is 0.507 e. The number of hydrogen-bond donors (Lipinski definition) is 2. The molecule has 0 unspecified atom stereocenters. The molecule has 0 radical (unpaired) electrons. The average molecular weight is 285 g/mol. The van der Waals surface area contributed by atoms with E-state index in [2.05, 4.69) is 9.98 Å². The number of rotatable bonds is 5. The first-order chi connectivity index (χ1) is 10.1. The van der Waals surface area contributed by atoms with Crippen molar-refractivity contribution in [2.75, 3.05) is 12.8 Å². The van der Waals surface area contributed by atoms with Gasteiger partial charge >= 0.3 is 0 Å². The van der Waals surface area contributed by atoms with E-state index in [0.29, 0.717) is 24.5 Å². The van der Waals surface area contributed by atoms with Gasteiger partial charge in [0.15, 0.2) is 0 Å². The summed E-state index contributed by atoms with van der Waals surface area (Å²) < 4.78 is 5.19. The third kappa shape index (κ3) is 3.79. The van der Waals surface area contributed by atoms with E-state index in [1.165, 1.54) is 0 Å². The number of nitrogens with zero attached hydrogens (tertiary/aromatic N) is 2. The van der Waals surface area contributed by atoms with Gasteiger partial charge in [-0.1, -0.05) is 12.1 Å². The van der Waals surface area contributed by atoms with Crippen LogP contribution >= 0.6 is 0 Å². The fourth-order valence-electron chi connectivity index (χ4n) is 2.09. The number of anilines is 1. The second kappa shape index (κ2) is 6.85. The zero-order valence-corrected chi connectivity index (χ0v) is 12.2. The first kappa shape index (κ1) is 15.0. The maximum atomic E-state index is 9.69. The maximum Gasteiger partial charge on any atom is 0.129 e. The Morgan fingerprint density at radius 1 is 1.38 bits per heavy atom. The van der Waals surface area contributed by atoms with Crippen LogP contribution in [0.2, 0.25) is 0 Å². The van der Waals surface area contributed by atoms with Gasteiger partial charge in [-0.05, 0) is 30.7 Å². The van der Waals surface area contributed by atoms with Crippen molar-refractivity contribution < 1.29 is 9.84 Å². The molecule has 21 heavy (non-hydrogen) atoms. The molecule has 0 saturated heterocycles. The molecular weight excluding hydrogens is 266 g/mol. The van der Waals surface area contributed by atoms with Gasteiger partial charge in [0.2, 0.25) is 0 Å². The molecule has 0 saturated carbocycles. The van der Waals surface area contributed by atoms with Crippen LogP contribution in [0.4, 0.5) is 5.82 Å². The first-order valence-corrected chi connectivity index (χ1v) is 6.63. The van der Waals surface area contributed by atoms with E-state index in [4.69, 9.17) is 10.5 Å². The minimum atomic E-state index is 0.202. The van der Waals surface area contributed by atoms with Gasteiger partial charge in [0.05, 0.1) is 13.2 Å². The van der Waals surface area contributed by atoms with Crippen molar-refractivity contribution in [3.63, 3.8) is 0 Å². The maximum absolute atomic E-state index is 9.69. The minimum Gasteiger partial charge on any atom is -0.507 e. The standard InChI is InChI=1S/C16H19N3O2/c1-11-7-13(10-21-2)14(16(17)19-11)9-18-8-12-5-3-4-6-15(12)20/h3-8,20H,9-10H2,1-2H3,(H2,17,19). The molecular formula is C16H19N3O2. The topological polar surface area (TPSA) is 80.7 Å². The summed E-state index contributed by atoms with van der Waals surface area (Å²) in [5.74, 6) is 0.671. The third-order valence-electron chi connectivity index (χ3n) is 3.09. The molecule has 0 spiro atoms. The van der Waals surface area contributed by atoms with Crippen LogP contribution in [0.15, 0.2) is 35.3 Å². The van der Waals surface area contributed by atoms with E-state index >= 15 is 0 Å². The predicted molar refractivity (Wildman–Crippen MR) is 83.5 cm³/mol. The summed E-state index contributed by atoms with van der Waals surface area (Å²) in [6, 6.07) is 8.99. The van der Waals surface area contributed by atoms with Crippen molar-refractivity contribution in [3.8, 4) is 5.75 Å². The van der Waals surface area contributed by atoms with Crippen molar-refractivity contribution in [2.45, 2.75) is 20.1 Å². The lowest BCUT2D eigenvalue weighted by Gasteiger charge is -2.10. The van der Waals surface area contributed by atoms with Crippen molar-refractivity contribution >= 4 is 12.0 Å². The van der Waals surface area contributed by atoms with Gasteiger partial charge in [-0.2, -0.15) is 0 Å². The molecule has 0 atom stereocenters. The Labute approximate surface area is 124 Å². The number of aliphatic imine (C=N–C) groups is 1. The van der Waals surface area contributed by atoms with Crippen molar-refractivity contribution in [1.82, 2.24) is 4.98 Å². The first-order valence-electron chi connectivity index (χ1n) is 6.63. The van der Waals surface area contributed by atoms with Crippen LogP contribution in [0.3, 0.4) is 0 Å². The van der Waals surface area contributed by atoms with Crippen LogP contribution in [-0.2, 0) is 17.9 Å². The molecule has 5 heteroatoms. The molecule has 0 aliphatic carbocycles. The Balaban J connectivity index is 2.22. The molecule has 0 bridgehead atoms. The zero-order valence-electron chi connectivity index (χ0n) is 12.2. The number of aromatic nitrogens is 1. The fraction of sp³-hybridized carbons (Fsp3) is 0.250. The number of phenols is 1. The number of nitrogen functional groups attached to an aromatic ring is 1. The molecule has 1 aromatic heterocycles. The lowest BCUT2D eigenvalue weighted by atomic mass is 10.1. The number of nitrogens with two attached hydrogens (primary N) is 1. The summed E-state index contributed by atoms with van der Waals surface area (Å²) >= 11 is 0. The van der Waals surface area contributed by atoms with Crippen LogP contribution in [-0.4, -0.2) is 23.4 Å². The van der Waals surface area contributed by atoms with Crippen LogP contribution in [0.25, 0.3) is 0 Å². The molecule has 2 aromatic rings. The lowest BCUT2D eigenvalue weighted by Crippen LogP contribution is -2.05. The second-order valence-corrected chi connectivity index (χ2v) is 4.75. The van der Waals surface area contributed by atoms with Gasteiger partial charge in [0.1, 0.15) is 11.6 Å². The van der Waals surface area contributed by atoms with Gasteiger partial charge in [-0.3, -0.25) is 4.99 Å². The molecule has 5 nitrogen and oxygen atoms in total. The summed E-state index contributed by atoms with van der Waals surface area (Å²) in [5, 5.41) is 9.69. The molecule has 0 amide bonds. The summed E-state index contributed by atoms with van der Waals surface area (Å²) in [7, 11) is 1.64. The van der Waals surface area contributed by atoms with E-state index in [1.54, 1.807) is 31.5 Å². The van der Waals surface area contributed by atoms with E-state index < -0.39 is 0 Å². The van der Waals surface area contributed by atoms with Gasteiger partial charge in [0.25, 0.3) is 0 Å². The quantitative estimate of drug-likeness (QED) is 0.827. The van der Waals surface area contributed by atoms with Gasteiger partial charge < -0.3 is 15.6 Å². The highest BCUT2D eigenvalue weighted by atomic mass is 16.5. The molecule has 0 fully saturated rings. The lowest BCUT2D eigenvalue weighted by molar-refractivity contribution is 0.184. The highest BCUT2D eigenvalue weighted by molar-refractivity contribution is 5.83. The smallest absolute Gasteiger partial charge is 0.129 e. The van der Waals surface area contributed by atoms with Gasteiger partial charge in [-0.25, -0.2) is 4.98 Å². The number of ether oxygens (including phenoxy) is 1. The average Bonchev–Trinajstić information content (AvgIpc) is 2.44. The van der Waals surface area contributed by atoms with Crippen LogP contribution in [0.1, 0.15) is 22.4 Å². The Morgan fingerprint density at radius 3 is 2.86 bits per heavy atom. The molecule has 2 rings (SSSR count). The van der Waals surface area contributed by atoms with Crippen LogP contribution in [0, 0.1) is 6.92 Å².